The van der Waals surface area contributed by atoms with Crippen molar-refractivity contribution in [1.29, 1.82) is 0 Å². The lowest BCUT2D eigenvalue weighted by Crippen LogP contribution is -2.54. The van der Waals surface area contributed by atoms with Gasteiger partial charge in [-0.3, -0.25) is 9.59 Å². The van der Waals surface area contributed by atoms with Gasteiger partial charge in [0.15, 0.2) is 0 Å². The van der Waals surface area contributed by atoms with Gasteiger partial charge in [0.1, 0.15) is 6.04 Å². The Bertz CT molecular complexity index is 1160. The molecule has 4 nitrogen and oxygen atoms in total. The first kappa shape index (κ1) is 26.2. The Morgan fingerprint density at radius 2 is 1.46 bits per heavy atom. The van der Waals surface area contributed by atoms with Crippen molar-refractivity contribution in [3.63, 3.8) is 0 Å². The highest BCUT2D eigenvalue weighted by atomic mass is 16.2. The summed E-state index contributed by atoms with van der Waals surface area (Å²) in [6.07, 6.45) is 0.703. The number of amides is 2. The lowest BCUT2D eigenvalue weighted by molar-refractivity contribution is -0.141. The zero-order valence-electron chi connectivity index (χ0n) is 21.9. The zero-order valence-corrected chi connectivity index (χ0v) is 21.9. The molecular formula is C31H38N2O2. The Kier molecular flexibility index (Phi) is 8.50. The summed E-state index contributed by atoms with van der Waals surface area (Å²) in [7, 11) is 0. The van der Waals surface area contributed by atoms with Gasteiger partial charge in [-0.15, -0.1) is 0 Å². The molecule has 35 heavy (non-hydrogen) atoms. The van der Waals surface area contributed by atoms with Crippen LogP contribution in [0, 0.1) is 20.8 Å². The number of rotatable bonds is 8. The van der Waals surface area contributed by atoms with Gasteiger partial charge in [-0.2, -0.15) is 0 Å². The van der Waals surface area contributed by atoms with Crippen LogP contribution in [0.25, 0.3) is 0 Å². The lowest BCUT2D eigenvalue weighted by atomic mass is 9.98. The standard InChI is InChI=1S/C31H38N2O2/c1-22-16-17-26(18-24(22)3)20-29(34)33(21-27-15-11-10-12-23(27)2)28(30(35)32-31(4,5)6)19-25-13-8-7-9-14-25/h7-18,28H,19-21H2,1-6H3,(H,32,35)/t28-/m1/s1. The SMILES string of the molecule is Cc1ccc(CC(=O)N(Cc2ccccc2C)[C@H](Cc2ccccc2)C(=O)NC(C)(C)C)cc1C. The Hall–Kier alpha value is -3.40. The summed E-state index contributed by atoms with van der Waals surface area (Å²) in [4.78, 5) is 29.3. The van der Waals surface area contributed by atoms with E-state index in [1.165, 1.54) is 5.56 Å². The average Bonchev–Trinajstić information content (AvgIpc) is 2.79. The first-order valence-corrected chi connectivity index (χ1v) is 12.3. The van der Waals surface area contributed by atoms with Crippen molar-refractivity contribution in [1.82, 2.24) is 10.2 Å². The molecule has 0 aliphatic carbocycles. The molecule has 1 N–H and O–H groups in total. The van der Waals surface area contributed by atoms with Crippen LogP contribution in [0.15, 0.2) is 72.8 Å². The van der Waals surface area contributed by atoms with Gasteiger partial charge in [0, 0.05) is 18.5 Å². The van der Waals surface area contributed by atoms with Crippen molar-refractivity contribution in [3.8, 4) is 0 Å². The molecule has 0 unspecified atom stereocenters. The van der Waals surface area contributed by atoms with Gasteiger partial charge < -0.3 is 10.2 Å². The second kappa shape index (κ2) is 11.4. The zero-order chi connectivity index (χ0) is 25.6. The summed E-state index contributed by atoms with van der Waals surface area (Å²) < 4.78 is 0. The predicted octanol–water partition coefficient (Wildman–Crippen LogP) is 5.71. The second-order valence-corrected chi connectivity index (χ2v) is 10.5. The summed E-state index contributed by atoms with van der Waals surface area (Å²) in [5, 5.41) is 3.12. The van der Waals surface area contributed by atoms with E-state index in [1.807, 2.05) is 88.4 Å². The summed E-state index contributed by atoms with van der Waals surface area (Å²) in [6.45, 7) is 12.4. The molecule has 0 aliphatic rings. The molecule has 0 saturated carbocycles. The van der Waals surface area contributed by atoms with Crippen LogP contribution in [0.2, 0.25) is 0 Å². The van der Waals surface area contributed by atoms with Gasteiger partial charge in [0.25, 0.3) is 0 Å². The molecule has 2 amide bonds. The van der Waals surface area contributed by atoms with Crippen molar-refractivity contribution in [2.45, 2.75) is 72.5 Å². The maximum atomic E-state index is 13.9. The minimum absolute atomic E-state index is 0.0542. The van der Waals surface area contributed by atoms with Gasteiger partial charge in [0.2, 0.25) is 11.8 Å². The number of carbonyl (C=O) groups excluding carboxylic acids is 2. The average molecular weight is 471 g/mol. The Morgan fingerprint density at radius 1 is 0.800 bits per heavy atom. The highest BCUT2D eigenvalue weighted by Crippen LogP contribution is 2.20. The third kappa shape index (κ3) is 7.54. The fourth-order valence-electron chi connectivity index (χ4n) is 4.17. The molecular weight excluding hydrogens is 432 g/mol. The Morgan fingerprint density at radius 3 is 2.09 bits per heavy atom. The topological polar surface area (TPSA) is 49.4 Å². The molecule has 0 saturated heterocycles. The molecule has 0 bridgehead atoms. The molecule has 0 radical (unpaired) electrons. The molecule has 1 atom stereocenters. The Balaban J connectivity index is 2.01. The third-order valence-corrected chi connectivity index (χ3v) is 6.30. The van der Waals surface area contributed by atoms with E-state index in [4.69, 9.17) is 0 Å². The van der Waals surface area contributed by atoms with Gasteiger partial charge >= 0.3 is 0 Å². The summed E-state index contributed by atoms with van der Waals surface area (Å²) in [5.74, 6) is -0.190. The molecule has 3 rings (SSSR count). The number of benzene rings is 3. The lowest BCUT2D eigenvalue weighted by Gasteiger charge is -2.34. The van der Waals surface area contributed by atoms with E-state index in [-0.39, 0.29) is 18.2 Å². The van der Waals surface area contributed by atoms with E-state index >= 15 is 0 Å². The van der Waals surface area contributed by atoms with E-state index in [2.05, 4.69) is 31.3 Å². The largest absolute Gasteiger partial charge is 0.350 e. The molecule has 0 aliphatic heterocycles. The predicted molar refractivity (Wildman–Crippen MR) is 143 cm³/mol. The van der Waals surface area contributed by atoms with Crippen LogP contribution in [-0.2, 0) is 29.0 Å². The van der Waals surface area contributed by atoms with Gasteiger partial charge in [-0.05, 0) is 74.9 Å². The molecule has 184 valence electrons. The minimum Gasteiger partial charge on any atom is -0.350 e. The van der Waals surface area contributed by atoms with Crippen molar-refractivity contribution >= 4 is 11.8 Å². The molecule has 4 heteroatoms. The smallest absolute Gasteiger partial charge is 0.243 e. The van der Waals surface area contributed by atoms with E-state index < -0.39 is 11.6 Å². The quantitative estimate of drug-likeness (QED) is 0.458. The van der Waals surface area contributed by atoms with E-state index in [1.54, 1.807) is 4.90 Å². The number of aryl methyl sites for hydroxylation is 3. The minimum atomic E-state index is -0.629. The number of nitrogens with one attached hydrogen (secondary N) is 1. The Labute approximate surface area is 210 Å². The first-order valence-electron chi connectivity index (χ1n) is 12.3. The molecule has 0 spiro atoms. The second-order valence-electron chi connectivity index (χ2n) is 10.5. The van der Waals surface area contributed by atoms with Crippen molar-refractivity contribution < 1.29 is 9.59 Å². The normalized spacial score (nSPS) is 12.2. The molecule has 0 aromatic heterocycles. The maximum Gasteiger partial charge on any atom is 0.243 e. The van der Waals surface area contributed by atoms with Crippen LogP contribution in [0.4, 0.5) is 0 Å². The molecule has 0 fully saturated rings. The highest BCUT2D eigenvalue weighted by molar-refractivity contribution is 5.89. The van der Waals surface area contributed by atoms with Crippen molar-refractivity contribution in [2.24, 2.45) is 0 Å². The van der Waals surface area contributed by atoms with E-state index in [0.29, 0.717) is 13.0 Å². The fraction of sp³-hybridized carbons (Fsp3) is 0.355. The van der Waals surface area contributed by atoms with Crippen LogP contribution in [0.5, 0.6) is 0 Å². The van der Waals surface area contributed by atoms with E-state index in [0.717, 1.165) is 27.8 Å². The van der Waals surface area contributed by atoms with Crippen molar-refractivity contribution in [2.75, 3.05) is 0 Å². The van der Waals surface area contributed by atoms with Crippen LogP contribution >= 0.6 is 0 Å². The van der Waals surface area contributed by atoms with Crippen LogP contribution in [-0.4, -0.2) is 28.3 Å². The van der Waals surface area contributed by atoms with Crippen LogP contribution in [0.3, 0.4) is 0 Å². The summed E-state index contributed by atoms with van der Waals surface area (Å²) in [6, 6.07) is 23.5. The van der Waals surface area contributed by atoms with E-state index in [9.17, 15) is 9.59 Å². The number of carbonyl (C=O) groups is 2. The van der Waals surface area contributed by atoms with Gasteiger partial charge in [-0.25, -0.2) is 0 Å². The van der Waals surface area contributed by atoms with Crippen LogP contribution < -0.4 is 5.32 Å². The third-order valence-electron chi connectivity index (χ3n) is 6.30. The fourth-order valence-corrected chi connectivity index (χ4v) is 4.17. The molecule has 3 aromatic rings. The van der Waals surface area contributed by atoms with Gasteiger partial charge in [0.05, 0.1) is 6.42 Å². The first-order chi connectivity index (χ1) is 16.5. The van der Waals surface area contributed by atoms with Gasteiger partial charge in [-0.1, -0.05) is 72.8 Å². The molecule has 3 aromatic carbocycles. The molecule has 0 heterocycles. The summed E-state index contributed by atoms with van der Waals surface area (Å²) >= 11 is 0. The monoisotopic (exact) mass is 470 g/mol. The number of hydrogen-bond acceptors (Lipinski definition) is 2. The highest BCUT2D eigenvalue weighted by Gasteiger charge is 2.32. The maximum absolute atomic E-state index is 13.9. The van der Waals surface area contributed by atoms with Crippen molar-refractivity contribution in [3.05, 3.63) is 106 Å². The summed E-state index contributed by atoms with van der Waals surface area (Å²) in [5.41, 5.74) is 6.08. The number of hydrogen-bond donors (Lipinski definition) is 1. The van der Waals surface area contributed by atoms with Crippen LogP contribution in [0.1, 0.15) is 54.2 Å². The number of nitrogens with zero attached hydrogens (tertiary/aromatic N) is 1.